The van der Waals surface area contributed by atoms with Crippen molar-refractivity contribution >= 4 is 5.69 Å². The smallest absolute Gasteiger partial charge is 0.115 e. The number of phenols is 1. The molecule has 0 atom stereocenters. The number of phenolic OH excluding ortho intramolecular Hbond substituents is 1. The number of benzene rings is 1. The minimum Gasteiger partial charge on any atom is -0.508 e. The molecule has 1 heterocycles. The van der Waals surface area contributed by atoms with Gasteiger partial charge in [0.05, 0.1) is 23.3 Å². The first-order chi connectivity index (χ1) is 6.66. The van der Waals surface area contributed by atoms with Gasteiger partial charge in [-0.25, -0.2) is 4.68 Å². The van der Waals surface area contributed by atoms with Crippen LogP contribution in [0, 0.1) is 6.92 Å². The molecule has 0 saturated heterocycles. The van der Waals surface area contributed by atoms with Crippen LogP contribution in [0.15, 0.2) is 30.5 Å². The van der Waals surface area contributed by atoms with Gasteiger partial charge in [0, 0.05) is 0 Å². The van der Waals surface area contributed by atoms with Crippen molar-refractivity contribution < 1.29 is 5.11 Å². The van der Waals surface area contributed by atoms with Gasteiger partial charge in [-0.1, -0.05) is 0 Å². The number of aromatic hydroxyl groups is 1. The van der Waals surface area contributed by atoms with Crippen molar-refractivity contribution in [3.05, 3.63) is 36.2 Å². The van der Waals surface area contributed by atoms with Crippen LogP contribution < -0.4 is 5.73 Å². The molecule has 3 N–H and O–H groups in total. The number of rotatable bonds is 1. The molecule has 0 unspecified atom stereocenters. The highest BCUT2D eigenvalue weighted by Crippen LogP contribution is 2.15. The van der Waals surface area contributed by atoms with Crippen molar-refractivity contribution in [1.82, 2.24) is 9.78 Å². The van der Waals surface area contributed by atoms with Crippen molar-refractivity contribution in [2.45, 2.75) is 6.92 Å². The molecule has 72 valence electrons. The van der Waals surface area contributed by atoms with Gasteiger partial charge in [0.25, 0.3) is 0 Å². The van der Waals surface area contributed by atoms with Gasteiger partial charge in [-0.2, -0.15) is 5.10 Å². The monoisotopic (exact) mass is 189 g/mol. The summed E-state index contributed by atoms with van der Waals surface area (Å²) in [7, 11) is 0. The van der Waals surface area contributed by atoms with Crippen LogP contribution in [0.25, 0.3) is 5.69 Å². The van der Waals surface area contributed by atoms with Gasteiger partial charge < -0.3 is 10.8 Å². The molecular formula is C10H11N3O. The molecular weight excluding hydrogens is 178 g/mol. The van der Waals surface area contributed by atoms with Gasteiger partial charge >= 0.3 is 0 Å². The zero-order valence-corrected chi connectivity index (χ0v) is 7.81. The van der Waals surface area contributed by atoms with Gasteiger partial charge in [-0.3, -0.25) is 0 Å². The molecule has 0 aliphatic rings. The van der Waals surface area contributed by atoms with Crippen LogP contribution in [-0.4, -0.2) is 14.9 Å². The Kier molecular flexibility index (Phi) is 1.89. The first-order valence-corrected chi connectivity index (χ1v) is 4.28. The maximum absolute atomic E-state index is 9.11. The first-order valence-electron chi connectivity index (χ1n) is 4.28. The first kappa shape index (κ1) is 8.62. The van der Waals surface area contributed by atoms with Crippen LogP contribution >= 0.6 is 0 Å². The zero-order chi connectivity index (χ0) is 10.1. The minimum atomic E-state index is 0.241. The van der Waals surface area contributed by atoms with E-state index in [4.69, 9.17) is 10.8 Å². The standard InChI is InChI=1S/C10H11N3O/c1-7-10(11)6-13(12-7)8-2-4-9(14)5-3-8/h2-6,14H,11H2,1H3. The van der Waals surface area contributed by atoms with Gasteiger partial charge in [0.15, 0.2) is 0 Å². The Hall–Kier alpha value is -1.97. The van der Waals surface area contributed by atoms with E-state index in [0.29, 0.717) is 5.69 Å². The Morgan fingerprint density at radius 1 is 1.29 bits per heavy atom. The van der Waals surface area contributed by atoms with Crippen molar-refractivity contribution in [1.29, 1.82) is 0 Å². The molecule has 0 amide bonds. The fourth-order valence-electron chi connectivity index (χ4n) is 1.21. The van der Waals surface area contributed by atoms with E-state index in [1.165, 1.54) is 0 Å². The highest BCUT2D eigenvalue weighted by atomic mass is 16.3. The molecule has 4 heteroatoms. The van der Waals surface area contributed by atoms with E-state index in [0.717, 1.165) is 11.4 Å². The summed E-state index contributed by atoms with van der Waals surface area (Å²) in [5.41, 5.74) is 8.02. The lowest BCUT2D eigenvalue weighted by molar-refractivity contribution is 0.475. The summed E-state index contributed by atoms with van der Waals surface area (Å²) < 4.78 is 1.68. The number of hydrogen-bond donors (Lipinski definition) is 2. The maximum Gasteiger partial charge on any atom is 0.115 e. The fourth-order valence-corrected chi connectivity index (χ4v) is 1.21. The summed E-state index contributed by atoms with van der Waals surface area (Å²) in [4.78, 5) is 0. The molecule has 0 spiro atoms. The molecule has 4 nitrogen and oxygen atoms in total. The number of nitrogen functional groups attached to an aromatic ring is 1. The van der Waals surface area contributed by atoms with E-state index in [9.17, 15) is 0 Å². The van der Waals surface area contributed by atoms with Crippen molar-refractivity contribution in [3.8, 4) is 11.4 Å². The largest absolute Gasteiger partial charge is 0.508 e. The Morgan fingerprint density at radius 2 is 1.93 bits per heavy atom. The average Bonchev–Trinajstić information content (AvgIpc) is 2.48. The summed E-state index contributed by atoms with van der Waals surface area (Å²) >= 11 is 0. The van der Waals surface area contributed by atoms with Gasteiger partial charge in [0.1, 0.15) is 5.75 Å². The zero-order valence-electron chi connectivity index (χ0n) is 7.81. The van der Waals surface area contributed by atoms with Crippen LogP contribution in [0.1, 0.15) is 5.69 Å². The molecule has 0 saturated carbocycles. The Labute approximate surface area is 81.6 Å². The summed E-state index contributed by atoms with van der Waals surface area (Å²) in [6.07, 6.45) is 1.75. The van der Waals surface area contributed by atoms with E-state index in [2.05, 4.69) is 5.10 Å². The van der Waals surface area contributed by atoms with Crippen molar-refractivity contribution in [2.24, 2.45) is 0 Å². The lowest BCUT2D eigenvalue weighted by Gasteiger charge is -1.99. The second-order valence-corrected chi connectivity index (χ2v) is 3.13. The number of anilines is 1. The number of aromatic nitrogens is 2. The molecule has 0 radical (unpaired) electrons. The third-order valence-corrected chi connectivity index (χ3v) is 2.05. The molecule has 0 aliphatic heterocycles. The molecule has 2 aromatic rings. The van der Waals surface area contributed by atoms with E-state index in [1.807, 2.05) is 6.92 Å². The highest BCUT2D eigenvalue weighted by Gasteiger charge is 2.02. The predicted molar refractivity (Wildman–Crippen MR) is 54.4 cm³/mol. The van der Waals surface area contributed by atoms with E-state index in [1.54, 1.807) is 35.1 Å². The molecule has 1 aromatic carbocycles. The highest BCUT2D eigenvalue weighted by molar-refractivity contribution is 5.44. The molecule has 0 aliphatic carbocycles. The second kappa shape index (κ2) is 3.06. The Balaban J connectivity index is 2.44. The summed E-state index contributed by atoms with van der Waals surface area (Å²) in [6, 6.07) is 6.79. The number of aryl methyl sites for hydroxylation is 1. The van der Waals surface area contributed by atoms with Crippen molar-refractivity contribution in [2.75, 3.05) is 5.73 Å². The predicted octanol–water partition coefficient (Wildman–Crippen LogP) is 1.47. The Morgan fingerprint density at radius 3 is 2.43 bits per heavy atom. The number of nitrogens with zero attached hydrogens (tertiary/aromatic N) is 2. The van der Waals surface area contributed by atoms with Crippen LogP contribution in [0.2, 0.25) is 0 Å². The van der Waals surface area contributed by atoms with Crippen LogP contribution in [0.5, 0.6) is 5.75 Å². The van der Waals surface area contributed by atoms with E-state index in [-0.39, 0.29) is 5.75 Å². The van der Waals surface area contributed by atoms with Crippen LogP contribution in [0.4, 0.5) is 5.69 Å². The maximum atomic E-state index is 9.11. The lowest BCUT2D eigenvalue weighted by Crippen LogP contribution is -1.93. The minimum absolute atomic E-state index is 0.241. The van der Waals surface area contributed by atoms with Crippen molar-refractivity contribution in [3.63, 3.8) is 0 Å². The summed E-state index contributed by atoms with van der Waals surface area (Å²) in [6.45, 7) is 1.85. The molecule has 1 aromatic heterocycles. The fraction of sp³-hybridized carbons (Fsp3) is 0.100. The van der Waals surface area contributed by atoms with Gasteiger partial charge in [-0.05, 0) is 31.2 Å². The van der Waals surface area contributed by atoms with Crippen LogP contribution in [-0.2, 0) is 0 Å². The lowest BCUT2D eigenvalue weighted by atomic mass is 10.3. The summed E-state index contributed by atoms with van der Waals surface area (Å²) in [5.74, 6) is 0.241. The third kappa shape index (κ3) is 1.42. The Bertz CT molecular complexity index is 425. The SMILES string of the molecule is Cc1nn(-c2ccc(O)cc2)cc1N. The molecule has 0 bridgehead atoms. The van der Waals surface area contributed by atoms with Gasteiger partial charge in [-0.15, -0.1) is 0 Å². The number of hydrogen-bond acceptors (Lipinski definition) is 3. The van der Waals surface area contributed by atoms with Gasteiger partial charge in [0.2, 0.25) is 0 Å². The van der Waals surface area contributed by atoms with E-state index >= 15 is 0 Å². The second-order valence-electron chi connectivity index (χ2n) is 3.13. The van der Waals surface area contributed by atoms with E-state index < -0.39 is 0 Å². The molecule has 0 fully saturated rings. The molecule has 14 heavy (non-hydrogen) atoms. The molecule has 2 rings (SSSR count). The quantitative estimate of drug-likeness (QED) is 0.714. The summed E-state index contributed by atoms with van der Waals surface area (Å²) in [5, 5.41) is 13.3. The normalized spacial score (nSPS) is 10.4. The third-order valence-electron chi connectivity index (χ3n) is 2.05. The number of nitrogens with two attached hydrogens (primary N) is 1. The van der Waals surface area contributed by atoms with Crippen LogP contribution in [0.3, 0.4) is 0 Å². The topological polar surface area (TPSA) is 64.1 Å². The average molecular weight is 189 g/mol.